The fraction of sp³-hybridized carbons (Fsp3) is 0.615. The van der Waals surface area contributed by atoms with E-state index in [1.165, 1.54) is 0 Å². The first-order valence-electron chi connectivity index (χ1n) is 6.44. The summed E-state index contributed by atoms with van der Waals surface area (Å²) in [5.74, 6) is 0.572. The minimum atomic E-state index is -0.622. The van der Waals surface area contributed by atoms with Crippen LogP contribution in [0.1, 0.15) is 32.3 Å². The van der Waals surface area contributed by atoms with E-state index in [-0.39, 0.29) is 5.91 Å². The highest BCUT2D eigenvalue weighted by molar-refractivity contribution is 7.99. The zero-order valence-electron chi connectivity index (χ0n) is 11.8. The van der Waals surface area contributed by atoms with Gasteiger partial charge in [-0.15, -0.1) is 0 Å². The van der Waals surface area contributed by atoms with Crippen molar-refractivity contribution in [3.63, 3.8) is 0 Å². The average molecular weight is 282 g/mol. The molecule has 6 heteroatoms. The van der Waals surface area contributed by atoms with E-state index in [4.69, 9.17) is 5.73 Å². The maximum Gasteiger partial charge on any atom is 0.237 e. The van der Waals surface area contributed by atoms with Gasteiger partial charge in [0.05, 0.1) is 5.54 Å². The van der Waals surface area contributed by atoms with Crippen molar-refractivity contribution >= 4 is 17.7 Å². The second-order valence-corrected chi connectivity index (χ2v) is 5.78. The number of primary amides is 1. The fourth-order valence-corrected chi connectivity index (χ4v) is 2.46. The lowest BCUT2D eigenvalue weighted by atomic mass is 9.95. The molecular weight excluding hydrogens is 260 g/mol. The first-order valence-corrected chi connectivity index (χ1v) is 7.43. The van der Waals surface area contributed by atoms with Crippen LogP contribution in [-0.4, -0.2) is 33.7 Å². The van der Waals surface area contributed by atoms with Crippen molar-refractivity contribution in [1.29, 1.82) is 0 Å². The predicted octanol–water partition coefficient (Wildman–Crippen LogP) is 1.51. The highest BCUT2D eigenvalue weighted by atomic mass is 32.2. The zero-order valence-corrected chi connectivity index (χ0v) is 12.6. The Morgan fingerprint density at radius 2 is 2.11 bits per heavy atom. The molecule has 1 aromatic rings. The molecule has 1 amide bonds. The molecule has 0 aliphatic carbocycles. The summed E-state index contributed by atoms with van der Waals surface area (Å²) in [5.41, 5.74) is 5.87. The Labute approximate surface area is 118 Å². The number of carbonyl (C=O) groups is 1. The maximum absolute atomic E-state index is 11.4. The monoisotopic (exact) mass is 282 g/mol. The van der Waals surface area contributed by atoms with Gasteiger partial charge >= 0.3 is 0 Å². The molecule has 0 aliphatic rings. The normalized spacial score (nSPS) is 14.1. The van der Waals surface area contributed by atoms with Crippen LogP contribution in [0, 0.1) is 6.92 Å². The van der Waals surface area contributed by atoms with Crippen LogP contribution in [0.2, 0.25) is 0 Å². The van der Waals surface area contributed by atoms with Gasteiger partial charge in [-0.05, 0) is 38.8 Å². The molecule has 0 saturated heterocycles. The third-order valence-corrected chi connectivity index (χ3v) is 3.88. The van der Waals surface area contributed by atoms with Gasteiger partial charge in [-0.25, -0.2) is 9.97 Å². The summed E-state index contributed by atoms with van der Waals surface area (Å²) in [6.45, 7) is 6.51. The topological polar surface area (TPSA) is 80.9 Å². The molecule has 0 radical (unpaired) electrons. The van der Waals surface area contributed by atoms with Gasteiger partial charge in [0.1, 0.15) is 0 Å². The minimum absolute atomic E-state index is 0.300. The molecule has 0 aliphatic heterocycles. The van der Waals surface area contributed by atoms with Crippen molar-refractivity contribution in [3.8, 4) is 0 Å². The van der Waals surface area contributed by atoms with E-state index in [0.29, 0.717) is 0 Å². The Hall–Kier alpha value is -1.14. The number of rotatable bonds is 8. The predicted molar refractivity (Wildman–Crippen MR) is 78.0 cm³/mol. The molecule has 0 saturated carbocycles. The van der Waals surface area contributed by atoms with Crippen LogP contribution in [0.5, 0.6) is 0 Å². The Kier molecular flexibility index (Phi) is 6.24. The smallest absolute Gasteiger partial charge is 0.237 e. The number of aromatic nitrogens is 2. The van der Waals surface area contributed by atoms with Crippen LogP contribution in [0.15, 0.2) is 17.6 Å². The third-order valence-electron chi connectivity index (χ3n) is 2.92. The molecule has 1 aromatic heterocycles. The highest BCUT2D eigenvalue weighted by Gasteiger charge is 2.28. The quantitative estimate of drug-likeness (QED) is 0.429. The standard InChI is InChI=1S/C13H22N4OS/c1-4-17-13(3,11(14)18)6-5-7-19-12-15-8-10(2)9-16-12/h8-9,17H,4-7H2,1-3H3,(H2,14,18). The molecule has 3 N–H and O–H groups in total. The van der Waals surface area contributed by atoms with Crippen LogP contribution in [0.3, 0.4) is 0 Å². The molecule has 106 valence electrons. The first kappa shape index (κ1) is 15.9. The summed E-state index contributed by atoms with van der Waals surface area (Å²) < 4.78 is 0. The van der Waals surface area contributed by atoms with E-state index in [1.54, 1.807) is 11.8 Å². The number of amides is 1. The number of hydrogen-bond donors (Lipinski definition) is 2. The van der Waals surface area contributed by atoms with Crippen molar-refractivity contribution in [1.82, 2.24) is 15.3 Å². The molecule has 0 bridgehead atoms. The zero-order chi connectivity index (χ0) is 14.3. The molecule has 1 unspecified atom stereocenters. The number of aryl methyl sites for hydroxylation is 1. The second-order valence-electron chi connectivity index (χ2n) is 4.72. The highest BCUT2D eigenvalue weighted by Crippen LogP contribution is 2.18. The third kappa shape index (κ3) is 5.16. The fourth-order valence-electron chi connectivity index (χ4n) is 1.73. The lowest BCUT2D eigenvalue weighted by Crippen LogP contribution is -2.53. The van der Waals surface area contributed by atoms with Gasteiger partial charge in [0.25, 0.3) is 0 Å². The molecule has 0 spiro atoms. The van der Waals surface area contributed by atoms with Gasteiger partial charge < -0.3 is 11.1 Å². The van der Waals surface area contributed by atoms with E-state index in [0.717, 1.165) is 35.9 Å². The van der Waals surface area contributed by atoms with Gasteiger partial charge in [-0.1, -0.05) is 18.7 Å². The second kappa shape index (κ2) is 7.45. The molecule has 1 heterocycles. The minimum Gasteiger partial charge on any atom is -0.368 e. The van der Waals surface area contributed by atoms with Crippen LogP contribution in [0.4, 0.5) is 0 Å². The first-order chi connectivity index (χ1) is 8.98. The summed E-state index contributed by atoms with van der Waals surface area (Å²) >= 11 is 1.60. The van der Waals surface area contributed by atoms with E-state index >= 15 is 0 Å². The van der Waals surface area contributed by atoms with Crippen molar-refractivity contribution in [3.05, 3.63) is 18.0 Å². The largest absolute Gasteiger partial charge is 0.368 e. The molecule has 0 fully saturated rings. The van der Waals surface area contributed by atoms with Crippen LogP contribution in [0.25, 0.3) is 0 Å². The molecule has 1 atom stereocenters. The Morgan fingerprint density at radius 3 is 2.63 bits per heavy atom. The Bertz CT molecular complexity index is 410. The van der Waals surface area contributed by atoms with E-state index < -0.39 is 5.54 Å². The van der Waals surface area contributed by atoms with Crippen LogP contribution in [-0.2, 0) is 4.79 Å². The number of thioether (sulfide) groups is 1. The van der Waals surface area contributed by atoms with E-state index in [1.807, 2.05) is 33.2 Å². The van der Waals surface area contributed by atoms with Crippen molar-refractivity contribution < 1.29 is 4.79 Å². The Balaban J connectivity index is 2.36. The maximum atomic E-state index is 11.4. The average Bonchev–Trinajstić information content (AvgIpc) is 2.37. The molecule has 1 rings (SSSR count). The van der Waals surface area contributed by atoms with E-state index in [9.17, 15) is 4.79 Å². The van der Waals surface area contributed by atoms with Crippen molar-refractivity contribution in [2.24, 2.45) is 5.73 Å². The van der Waals surface area contributed by atoms with Gasteiger partial charge in [0.15, 0.2) is 5.16 Å². The molecular formula is C13H22N4OS. The summed E-state index contributed by atoms with van der Waals surface area (Å²) in [6, 6.07) is 0. The number of nitrogens with one attached hydrogen (secondary N) is 1. The molecule has 19 heavy (non-hydrogen) atoms. The van der Waals surface area contributed by atoms with Crippen molar-refractivity contribution in [2.75, 3.05) is 12.3 Å². The van der Waals surface area contributed by atoms with E-state index in [2.05, 4.69) is 15.3 Å². The SMILES string of the molecule is CCNC(C)(CCCSc1ncc(C)cn1)C(N)=O. The molecule has 0 aromatic carbocycles. The summed E-state index contributed by atoms with van der Waals surface area (Å²) in [5, 5.41) is 3.92. The van der Waals surface area contributed by atoms with Gasteiger partial charge in [-0.3, -0.25) is 4.79 Å². The number of nitrogens with two attached hydrogens (primary N) is 1. The lowest BCUT2D eigenvalue weighted by molar-refractivity contribution is -0.124. The van der Waals surface area contributed by atoms with Crippen LogP contribution < -0.4 is 11.1 Å². The molecule has 5 nitrogen and oxygen atoms in total. The van der Waals surface area contributed by atoms with Crippen LogP contribution >= 0.6 is 11.8 Å². The number of nitrogens with zero attached hydrogens (tertiary/aromatic N) is 2. The van der Waals surface area contributed by atoms with Crippen molar-refractivity contribution in [2.45, 2.75) is 44.3 Å². The lowest BCUT2D eigenvalue weighted by Gasteiger charge is -2.26. The number of likely N-dealkylation sites (N-methyl/N-ethyl adjacent to an activating group) is 1. The summed E-state index contributed by atoms with van der Waals surface area (Å²) in [6.07, 6.45) is 5.21. The van der Waals surface area contributed by atoms with Gasteiger partial charge in [-0.2, -0.15) is 0 Å². The van der Waals surface area contributed by atoms with Gasteiger partial charge in [0, 0.05) is 18.1 Å². The Morgan fingerprint density at radius 1 is 1.47 bits per heavy atom. The van der Waals surface area contributed by atoms with Gasteiger partial charge in [0.2, 0.25) is 5.91 Å². The number of carbonyl (C=O) groups excluding carboxylic acids is 1. The summed E-state index contributed by atoms with van der Waals surface area (Å²) in [4.78, 5) is 19.9. The number of hydrogen-bond acceptors (Lipinski definition) is 5. The summed E-state index contributed by atoms with van der Waals surface area (Å²) in [7, 11) is 0.